The van der Waals surface area contributed by atoms with E-state index in [9.17, 15) is 120 Å². The molecule has 8 heterocycles. The van der Waals surface area contributed by atoms with E-state index in [4.69, 9.17) is 0 Å². The molecule has 0 aliphatic carbocycles. The van der Waals surface area contributed by atoms with E-state index in [0.717, 1.165) is 41.8 Å². The zero-order valence-corrected chi connectivity index (χ0v) is 60.2. The van der Waals surface area contributed by atoms with Crippen LogP contribution in [-0.4, -0.2) is 81.1 Å². The van der Waals surface area contributed by atoms with Crippen molar-refractivity contribution in [2.24, 2.45) is 0 Å². The molecule has 0 aliphatic rings. The zero-order chi connectivity index (χ0) is 78.3. The fourth-order valence-electron chi connectivity index (χ4n) is 6.15. The van der Waals surface area contributed by atoms with Crippen molar-refractivity contribution in [2.75, 3.05) is 0 Å². The van der Waals surface area contributed by atoms with Crippen LogP contribution in [0.2, 0.25) is 0 Å². The van der Waals surface area contributed by atoms with Crippen LogP contribution in [-0.2, 0) is 33.0 Å². The topological polar surface area (TPSA) is 183 Å². The summed E-state index contributed by atoms with van der Waals surface area (Å²) < 4.78 is 240. The number of hydrogen-bond donors (Lipinski definition) is 0. The second-order valence-electron chi connectivity index (χ2n) is 24.1. The van der Waals surface area contributed by atoms with Crippen molar-refractivity contribution < 1.29 is 153 Å². The second-order valence-corrected chi connectivity index (χ2v) is 31.7. The fraction of sp³-hybridized carbons (Fsp3) is 0.286. The monoisotopic (exact) mass is 1660 g/mol. The van der Waals surface area contributed by atoms with E-state index < -0.39 is 53.4 Å². The molecule has 8 aromatic rings. The largest absolute Gasteiger partial charge is 0 e. The van der Waals surface area contributed by atoms with Gasteiger partial charge in [-0.2, -0.15) is 0 Å². The first-order valence-corrected chi connectivity index (χ1v) is 35.5. The number of aromatic nitrogens is 8. The molecule has 0 amide bonds. The van der Waals surface area contributed by atoms with Crippen LogP contribution < -0.4 is 0 Å². The minimum Gasteiger partial charge on any atom is 0 e. The fourth-order valence-corrected chi connectivity index (χ4v) is 6.15. The first kappa shape index (κ1) is 96.7. The van der Waals surface area contributed by atoms with E-state index in [0.29, 0.717) is 46.0 Å². The number of pyridine rings is 8. The molecule has 0 fully saturated rings. The van der Waals surface area contributed by atoms with Crippen LogP contribution in [0.25, 0.3) is 45.6 Å². The molecule has 580 valence electrons. The third-order valence-electron chi connectivity index (χ3n) is 9.92. The molecular formula is C56H64F24N12Ni2O4P4. The summed E-state index contributed by atoms with van der Waals surface area (Å²) in [6.45, 7) is 22.3. The van der Waals surface area contributed by atoms with E-state index in [1.807, 2.05) is 204 Å². The molecule has 0 saturated heterocycles. The molecule has 0 aromatic carbocycles. The van der Waals surface area contributed by atoms with E-state index in [-0.39, 0.29) is 33.0 Å². The third kappa shape index (κ3) is 53.4. The van der Waals surface area contributed by atoms with Gasteiger partial charge in [0, 0.05) is 82.0 Å². The SMILES string of the molecule is CC(C)(C)[N+](=O)c1cccc(-c2ccccn2)n1.CC(C)(C)[N+](=O)c1cccc(-c2ccccn2)n1.CC(C)(C)[N+](=O)c1cccc(-c2ccccn2)n1.CC(C)(C)[N+](=O)c1cccc(-c2ccccn2)n1.F[P-](F)(F)(F)(F)F.F[P-](F)(F)(F)(F)F.F[P-](F)(F)(F)(F)F.F[P-](F)(F)(F)(F)F.[Ni].[Ni]. The Hall–Kier alpha value is -7.37. The summed E-state index contributed by atoms with van der Waals surface area (Å²) in [6, 6.07) is 44.0. The Balaban J connectivity index is 0. The summed E-state index contributed by atoms with van der Waals surface area (Å²) in [5.41, 5.74) is 3.87. The summed E-state index contributed by atoms with van der Waals surface area (Å²) in [7, 11) is -42.6. The minimum atomic E-state index is -10.7. The maximum absolute atomic E-state index is 12.1. The number of nitrogens with zero attached hydrogens (tertiary/aromatic N) is 12. The van der Waals surface area contributed by atoms with Gasteiger partial charge in [0.2, 0.25) is 22.8 Å². The Morgan fingerprint density at radius 2 is 0.353 bits per heavy atom. The van der Waals surface area contributed by atoms with Crippen LogP contribution >= 0.6 is 31.2 Å². The van der Waals surface area contributed by atoms with Crippen molar-refractivity contribution in [2.45, 2.75) is 105 Å². The predicted molar refractivity (Wildman–Crippen MR) is 336 cm³/mol. The average molecular weight is 1670 g/mol. The van der Waals surface area contributed by atoms with Crippen LogP contribution in [0.5, 0.6) is 0 Å². The number of nitroso groups, excluding NO2 is 4. The first-order valence-electron chi connectivity index (χ1n) is 27.4. The quantitative estimate of drug-likeness (QED) is 0.0608. The molecule has 0 N–H and O–H groups in total. The molecule has 46 heteroatoms. The normalized spacial score (nSPS) is 14.3. The molecule has 0 spiro atoms. The Bertz CT molecular complexity index is 3540. The van der Waals surface area contributed by atoms with Gasteiger partial charge in [-0.05, 0) is 219 Å². The van der Waals surface area contributed by atoms with Gasteiger partial charge in [-0.3, -0.25) is 19.9 Å². The van der Waals surface area contributed by atoms with Gasteiger partial charge in [0.15, 0.2) is 0 Å². The van der Waals surface area contributed by atoms with Crippen molar-refractivity contribution in [3.63, 3.8) is 0 Å². The van der Waals surface area contributed by atoms with Gasteiger partial charge in [-0.15, -0.1) is 0 Å². The zero-order valence-electron chi connectivity index (χ0n) is 54.7. The number of hydrogen-bond acceptors (Lipinski definition) is 12. The van der Waals surface area contributed by atoms with Crippen molar-refractivity contribution in [3.8, 4) is 45.6 Å². The Morgan fingerprint density at radius 3 is 0.461 bits per heavy atom. The molecule has 0 atom stereocenters. The standard InChI is InChI=1S/4C14H16N3O.4F6P.2Ni/c4*1-14(2,3)17(18)13-9-6-8-12(16-13)11-7-4-5-10-15-11;4*1-7(2,3,4,5)6;;/h4*4-10H,1-3H3;;;;;;/q4*+1;4*-1;;. The van der Waals surface area contributed by atoms with Gasteiger partial charge >= 0.3 is 155 Å². The molecule has 0 aliphatic heterocycles. The van der Waals surface area contributed by atoms with E-state index >= 15 is 0 Å². The summed E-state index contributed by atoms with van der Waals surface area (Å²) in [6.07, 6.45) is 6.84. The summed E-state index contributed by atoms with van der Waals surface area (Å²) in [5.74, 6) is 1.63. The van der Waals surface area contributed by atoms with Gasteiger partial charge in [0.1, 0.15) is 44.9 Å². The van der Waals surface area contributed by atoms with Crippen LogP contribution in [0.4, 0.5) is 124 Å². The predicted octanol–water partition coefficient (Wildman–Crippen LogP) is 26.9. The Labute approximate surface area is 585 Å². The molecule has 8 aromatic heterocycles. The third-order valence-corrected chi connectivity index (χ3v) is 9.92. The van der Waals surface area contributed by atoms with Crippen LogP contribution in [0.1, 0.15) is 83.1 Å². The maximum Gasteiger partial charge on any atom is 0 e. The van der Waals surface area contributed by atoms with Crippen molar-refractivity contribution in [1.29, 1.82) is 0 Å². The number of halogens is 24. The van der Waals surface area contributed by atoms with Gasteiger partial charge < -0.3 is 0 Å². The smallest absolute Gasteiger partial charge is 0 e. The average Bonchev–Trinajstić information content (AvgIpc) is 0.792. The molecule has 102 heavy (non-hydrogen) atoms. The summed E-state index contributed by atoms with van der Waals surface area (Å²) >= 11 is 0. The molecule has 0 bridgehead atoms. The molecule has 8 rings (SSSR count). The molecule has 0 unspecified atom stereocenters. The van der Waals surface area contributed by atoms with Gasteiger partial charge in [-0.1, -0.05) is 43.9 Å². The minimum absolute atomic E-state index is 0. The molecule has 0 saturated carbocycles. The first-order chi connectivity index (χ1) is 43.7. The van der Waals surface area contributed by atoms with Crippen LogP contribution in [0, 0.1) is 19.6 Å². The molecule has 0 radical (unpaired) electrons. The van der Waals surface area contributed by atoms with E-state index in [1.165, 1.54) is 0 Å². The van der Waals surface area contributed by atoms with Crippen molar-refractivity contribution in [1.82, 2.24) is 39.9 Å². The van der Waals surface area contributed by atoms with Crippen LogP contribution in [0.3, 0.4) is 0 Å². The second kappa shape index (κ2) is 31.1. The van der Waals surface area contributed by atoms with Gasteiger partial charge in [0.25, 0.3) is 0 Å². The maximum atomic E-state index is 12.1. The number of rotatable bonds is 8. The Kier molecular flexibility index (Phi) is 29.5. The molecule has 16 nitrogen and oxygen atoms in total. The van der Waals surface area contributed by atoms with E-state index in [2.05, 4.69) is 39.9 Å². The van der Waals surface area contributed by atoms with Gasteiger partial charge in [-0.25, -0.2) is 0 Å². The Morgan fingerprint density at radius 1 is 0.225 bits per heavy atom. The summed E-state index contributed by atoms with van der Waals surface area (Å²) in [5, 5.41) is 0. The van der Waals surface area contributed by atoms with Gasteiger partial charge in [0.05, 0.1) is 0 Å². The molecular weight excluding hydrogens is 1600 g/mol. The van der Waals surface area contributed by atoms with Crippen LogP contribution in [0.15, 0.2) is 170 Å². The van der Waals surface area contributed by atoms with E-state index in [1.54, 1.807) is 49.1 Å². The summed E-state index contributed by atoms with van der Waals surface area (Å²) in [4.78, 5) is 82.7. The van der Waals surface area contributed by atoms with Crippen molar-refractivity contribution >= 4 is 54.5 Å². The van der Waals surface area contributed by atoms with Crippen molar-refractivity contribution in [3.05, 3.63) is 190 Å².